The fourth-order valence-electron chi connectivity index (χ4n) is 2.83. The molecule has 0 atom stereocenters. The lowest BCUT2D eigenvalue weighted by atomic mass is 10.3. The van der Waals surface area contributed by atoms with Gasteiger partial charge in [0.05, 0.1) is 37.1 Å². The maximum Gasteiger partial charge on any atom is 0.225 e. The molecule has 0 radical (unpaired) electrons. The van der Waals surface area contributed by atoms with E-state index in [-0.39, 0.29) is 0 Å². The van der Waals surface area contributed by atoms with E-state index < -0.39 is 0 Å². The standard InChI is InChI=1S/C15H17N7/c1-3-17-15(18-4-1)21-6-2-7-22-12-19-13(14(22)10-21)9-20-8-5-16-11-20/h1,3-5,8,11-12H,2,6-7,9-10H2. The molecule has 1 aliphatic heterocycles. The summed E-state index contributed by atoms with van der Waals surface area (Å²) in [6, 6.07) is 1.84. The Hall–Kier alpha value is -2.70. The molecular weight excluding hydrogens is 278 g/mol. The zero-order chi connectivity index (χ0) is 14.8. The highest BCUT2D eigenvalue weighted by Crippen LogP contribution is 2.20. The highest BCUT2D eigenvalue weighted by atomic mass is 15.3. The van der Waals surface area contributed by atoms with Crippen LogP contribution in [0.3, 0.4) is 0 Å². The van der Waals surface area contributed by atoms with Crippen LogP contribution in [0.5, 0.6) is 0 Å². The van der Waals surface area contributed by atoms with Crippen molar-refractivity contribution in [2.75, 3.05) is 11.4 Å². The molecule has 3 aromatic heterocycles. The third-order valence-electron chi connectivity index (χ3n) is 3.93. The van der Waals surface area contributed by atoms with Crippen LogP contribution in [-0.2, 0) is 19.6 Å². The molecule has 0 aromatic carbocycles. The zero-order valence-corrected chi connectivity index (χ0v) is 12.2. The van der Waals surface area contributed by atoms with Crippen molar-refractivity contribution in [1.29, 1.82) is 0 Å². The van der Waals surface area contributed by atoms with Crippen LogP contribution >= 0.6 is 0 Å². The van der Waals surface area contributed by atoms with Crippen molar-refractivity contribution in [2.45, 2.75) is 26.1 Å². The predicted octanol–water partition coefficient (Wildman–Crippen LogP) is 1.33. The third-order valence-corrected chi connectivity index (χ3v) is 3.93. The Kier molecular flexibility index (Phi) is 3.30. The van der Waals surface area contributed by atoms with E-state index in [0.29, 0.717) is 0 Å². The minimum atomic E-state index is 0.742. The van der Waals surface area contributed by atoms with Crippen LogP contribution in [0.4, 0.5) is 5.95 Å². The average molecular weight is 295 g/mol. The summed E-state index contributed by atoms with van der Waals surface area (Å²) in [5.41, 5.74) is 2.32. The second-order valence-corrected chi connectivity index (χ2v) is 5.39. The molecule has 0 spiro atoms. The first kappa shape index (κ1) is 13.0. The van der Waals surface area contributed by atoms with Gasteiger partial charge in [0.25, 0.3) is 0 Å². The minimum absolute atomic E-state index is 0.742. The van der Waals surface area contributed by atoms with E-state index in [0.717, 1.165) is 44.2 Å². The fraction of sp³-hybridized carbons (Fsp3) is 0.333. The number of rotatable bonds is 3. The first-order valence-corrected chi connectivity index (χ1v) is 7.41. The molecule has 7 nitrogen and oxygen atoms in total. The Morgan fingerprint density at radius 2 is 1.91 bits per heavy atom. The van der Waals surface area contributed by atoms with Crippen molar-refractivity contribution in [2.24, 2.45) is 0 Å². The van der Waals surface area contributed by atoms with E-state index in [1.807, 2.05) is 29.5 Å². The van der Waals surface area contributed by atoms with E-state index >= 15 is 0 Å². The summed E-state index contributed by atoms with van der Waals surface area (Å²) in [6.07, 6.45) is 12.1. The van der Waals surface area contributed by atoms with Crippen molar-refractivity contribution in [3.63, 3.8) is 0 Å². The Morgan fingerprint density at radius 1 is 1.00 bits per heavy atom. The van der Waals surface area contributed by atoms with Gasteiger partial charge in [-0.1, -0.05) is 0 Å². The molecule has 4 heterocycles. The molecule has 0 saturated heterocycles. The molecule has 3 aromatic rings. The number of nitrogens with zero attached hydrogens (tertiary/aromatic N) is 7. The van der Waals surface area contributed by atoms with Crippen LogP contribution in [0, 0.1) is 0 Å². The van der Waals surface area contributed by atoms with Crippen LogP contribution in [0.15, 0.2) is 43.5 Å². The maximum absolute atomic E-state index is 4.59. The predicted molar refractivity (Wildman–Crippen MR) is 81.3 cm³/mol. The molecule has 1 aliphatic rings. The smallest absolute Gasteiger partial charge is 0.225 e. The van der Waals surface area contributed by atoms with E-state index in [1.165, 1.54) is 5.69 Å². The summed E-state index contributed by atoms with van der Waals surface area (Å²) in [4.78, 5) is 19.7. The number of fused-ring (bicyclic) bond motifs is 1. The summed E-state index contributed by atoms with van der Waals surface area (Å²) in [5, 5.41) is 0. The van der Waals surface area contributed by atoms with Gasteiger partial charge in [0.15, 0.2) is 0 Å². The summed E-state index contributed by atoms with van der Waals surface area (Å²) >= 11 is 0. The van der Waals surface area contributed by atoms with Gasteiger partial charge in [0.2, 0.25) is 5.95 Å². The van der Waals surface area contributed by atoms with Crippen molar-refractivity contribution >= 4 is 5.95 Å². The summed E-state index contributed by atoms with van der Waals surface area (Å²) in [6.45, 7) is 3.46. The molecule has 0 N–H and O–H groups in total. The van der Waals surface area contributed by atoms with Crippen molar-refractivity contribution in [1.82, 2.24) is 29.1 Å². The molecule has 0 fully saturated rings. The van der Waals surface area contributed by atoms with Crippen LogP contribution in [-0.4, -0.2) is 35.6 Å². The molecule has 22 heavy (non-hydrogen) atoms. The van der Waals surface area contributed by atoms with E-state index in [9.17, 15) is 0 Å². The van der Waals surface area contributed by atoms with Crippen molar-refractivity contribution < 1.29 is 0 Å². The fourth-order valence-corrected chi connectivity index (χ4v) is 2.83. The molecule has 4 rings (SSSR count). The van der Waals surface area contributed by atoms with E-state index in [2.05, 4.69) is 29.4 Å². The molecule has 0 aliphatic carbocycles. The van der Waals surface area contributed by atoms with Gasteiger partial charge in [0.1, 0.15) is 0 Å². The van der Waals surface area contributed by atoms with Gasteiger partial charge in [-0.15, -0.1) is 0 Å². The Labute approximate surface area is 128 Å². The van der Waals surface area contributed by atoms with Crippen LogP contribution in [0.25, 0.3) is 0 Å². The van der Waals surface area contributed by atoms with Crippen LogP contribution < -0.4 is 4.90 Å². The highest BCUT2D eigenvalue weighted by Gasteiger charge is 2.20. The van der Waals surface area contributed by atoms with Crippen molar-refractivity contribution in [3.8, 4) is 0 Å². The zero-order valence-electron chi connectivity index (χ0n) is 12.2. The number of anilines is 1. The molecule has 7 heteroatoms. The number of aromatic nitrogens is 6. The minimum Gasteiger partial charge on any atom is -0.335 e. The molecule has 112 valence electrons. The van der Waals surface area contributed by atoms with Gasteiger partial charge in [-0.05, 0) is 12.5 Å². The molecule has 0 bridgehead atoms. The number of aryl methyl sites for hydroxylation is 1. The molecule has 0 amide bonds. The van der Waals surface area contributed by atoms with Gasteiger partial charge in [-0.3, -0.25) is 0 Å². The maximum atomic E-state index is 4.59. The molecular formula is C15H17N7. The lowest BCUT2D eigenvalue weighted by molar-refractivity contribution is 0.657. The monoisotopic (exact) mass is 295 g/mol. The van der Waals surface area contributed by atoms with E-state index in [1.54, 1.807) is 18.6 Å². The average Bonchev–Trinajstić information content (AvgIpc) is 3.14. The lowest BCUT2D eigenvalue weighted by Crippen LogP contribution is -2.25. The van der Waals surface area contributed by atoms with Gasteiger partial charge in [-0.25, -0.2) is 19.9 Å². The van der Waals surface area contributed by atoms with Crippen molar-refractivity contribution in [3.05, 3.63) is 54.9 Å². The number of hydrogen-bond acceptors (Lipinski definition) is 5. The quantitative estimate of drug-likeness (QED) is 0.729. The van der Waals surface area contributed by atoms with Gasteiger partial charge in [-0.2, -0.15) is 0 Å². The highest BCUT2D eigenvalue weighted by molar-refractivity contribution is 5.32. The summed E-state index contributed by atoms with van der Waals surface area (Å²) in [7, 11) is 0. The normalized spacial score (nSPS) is 14.6. The van der Waals surface area contributed by atoms with Gasteiger partial charge >= 0.3 is 0 Å². The SMILES string of the molecule is c1cnc(N2CCCn3cnc(Cn4ccnc4)c3C2)nc1. The second-order valence-electron chi connectivity index (χ2n) is 5.39. The van der Waals surface area contributed by atoms with Gasteiger partial charge in [0, 0.05) is 37.9 Å². The Balaban J connectivity index is 1.63. The van der Waals surface area contributed by atoms with Gasteiger partial charge < -0.3 is 14.0 Å². The number of hydrogen-bond donors (Lipinski definition) is 0. The van der Waals surface area contributed by atoms with E-state index in [4.69, 9.17) is 0 Å². The topological polar surface area (TPSA) is 64.7 Å². The third kappa shape index (κ3) is 2.45. The Morgan fingerprint density at radius 3 is 2.73 bits per heavy atom. The Bertz CT molecular complexity index is 733. The first-order valence-electron chi connectivity index (χ1n) is 7.41. The largest absolute Gasteiger partial charge is 0.335 e. The summed E-state index contributed by atoms with van der Waals surface area (Å²) < 4.78 is 4.28. The van der Waals surface area contributed by atoms with Crippen LogP contribution in [0.1, 0.15) is 17.8 Å². The molecule has 0 saturated carbocycles. The lowest BCUT2D eigenvalue weighted by Gasteiger charge is -2.20. The summed E-state index contributed by atoms with van der Waals surface area (Å²) in [5.74, 6) is 0.783. The second kappa shape index (κ2) is 5.59. The first-order chi connectivity index (χ1) is 10.9. The van der Waals surface area contributed by atoms with Crippen LogP contribution in [0.2, 0.25) is 0 Å². The molecule has 0 unspecified atom stereocenters. The number of imidazole rings is 2.